The smallest absolute Gasteiger partial charge is 0.305 e. The highest BCUT2D eigenvalue weighted by Crippen LogP contribution is 2.40. The third-order valence-electron chi connectivity index (χ3n) is 7.66. The number of nitrogens with one attached hydrogen (secondary N) is 1. The van der Waals surface area contributed by atoms with Crippen LogP contribution in [0.25, 0.3) is 11.1 Å². The molecule has 5 rings (SSSR count). The van der Waals surface area contributed by atoms with Crippen LogP contribution in [0.5, 0.6) is 11.5 Å². The van der Waals surface area contributed by atoms with Crippen molar-refractivity contribution in [2.45, 2.75) is 39.2 Å². The number of amides is 2. The molecule has 1 aliphatic rings. The lowest BCUT2D eigenvalue weighted by Gasteiger charge is -2.23. The van der Waals surface area contributed by atoms with Gasteiger partial charge in [0.05, 0.1) is 38.1 Å². The fourth-order valence-electron chi connectivity index (χ4n) is 5.20. The Morgan fingerprint density at radius 2 is 1.91 bits per heavy atom. The van der Waals surface area contributed by atoms with Crippen LogP contribution >= 0.6 is 23.2 Å². The third kappa shape index (κ3) is 8.22. The molecule has 47 heavy (non-hydrogen) atoms. The molecule has 0 atom stereocenters. The summed E-state index contributed by atoms with van der Waals surface area (Å²) < 4.78 is 28.6. The summed E-state index contributed by atoms with van der Waals surface area (Å²) in [7, 11) is 0. The maximum atomic E-state index is 15.1. The van der Waals surface area contributed by atoms with E-state index in [4.69, 9.17) is 37.8 Å². The van der Waals surface area contributed by atoms with Gasteiger partial charge in [-0.05, 0) is 50.1 Å². The molecule has 3 aromatic carbocycles. The molecule has 2 heterocycles. The van der Waals surface area contributed by atoms with Crippen LogP contribution in [0.4, 0.5) is 10.1 Å². The van der Waals surface area contributed by atoms with E-state index in [1.165, 1.54) is 10.7 Å². The van der Waals surface area contributed by atoms with E-state index in [-0.39, 0.29) is 48.0 Å². The summed E-state index contributed by atoms with van der Waals surface area (Å²) in [5.41, 5.74) is 3.07. The minimum atomic E-state index is -1.06. The second kappa shape index (κ2) is 15.3. The molecule has 4 aromatic rings. The van der Waals surface area contributed by atoms with Gasteiger partial charge in [-0.3, -0.25) is 19.1 Å². The van der Waals surface area contributed by atoms with Gasteiger partial charge in [0.25, 0.3) is 5.91 Å². The van der Waals surface area contributed by atoms with Gasteiger partial charge in [0.15, 0.2) is 5.75 Å². The Balaban J connectivity index is 1.27. The third-order valence-corrected chi connectivity index (χ3v) is 8.41. The largest absolute Gasteiger partial charge is 0.493 e. The summed E-state index contributed by atoms with van der Waals surface area (Å²) in [5.74, 6) is -1.17. The predicted molar refractivity (Wildman–Crippen MR) is 176 cm³/mol. The molecule has 0 saturated heterocycles. The van der Waals surface area contributed by atoms with Crippen molar-refractivity contribution in [3.05, 3.63) is 93.5 Å². The molecule has 0 spiro atoms. The Bertz CT molecular complexity index is 1770. The number of carboxylic acid groups (broad SMARTS) is 1. The number of fused-ring (bicyclic) bond motifs is 1. The maximum absolute atomic E-state index is 15.1. The molecule has 0 radical (unpaired) electrons. The lowest BCUT2D eigenvalue weighted by molar-refractivity contribution is -0.136. The number of hydrogen-bond acceptors (Lipinski definition) is 6. The first kappa shape index (κ1) is 33.7. The molecule has 246 valence electrons. The van der Waals surface area contributed by atoms with E-state index in [1.54, 1.807) is 23.4 Å². The molecule has 0 bridgehead atoms. The standard InChI is InChI=1S/C34H33Cl2FN4O6/c1-21-26(35)7-3-9-30(21)46-14-4-10-31(42)41-13-5-15-47-33-24(6-2-8-29(33)41)23-18-39-40(19-23)20-25-27(36)16-22(17-28(25)37)34(45)38-12-11-32(43)44/h2-3,6-9,16-19H,4-5,10-15,20H2,1H3,(H,38,45)(H,43,44). The molecule has 0 aliphatic carbocycles. The first-order valence-corrected chi connectivity index (χ1v) is 15.8. The van der Waals surface area contributed by atoms with E-state index in [1.807, 2.05) is 37.3 Å². The number of benzene rings is 3. The van der Waals surface area contributed by atoms with Gasteiger partial charge in [-0.15, -0.1) is 0 Å². The van der Waals surface area contributed by atoms with Crippen molar-refractivity contribution in [1.82, 2.24) is 15.1 Å². The van der Waals surface area contributed by atoms with E-state index in [0.717, 1.165) is 17.2 Å². The van der Waals surface area contributed by atoms with Crippen LogP contribution in [0.15, 0.2) is 60.9 Å². The molecular formula is C34H33Cl2FN4O6. The number of carbonyl (C=O) groups excluding carboxylic acids is 2. The van der Waals surface area contributed by atoms with Crippen molar-refractivity contribution in [2.24, 2.45) is 0 Å². The molecule has 0 unspecified atom stereocenters. The van der Waals surface area contributed by atoms with Gasteiger partial charge in [-0.1, -0.05) is 41.4 Å². The molecular weight excluding hydrogens is 650 g/mol. The van der Waals surface area contributed by atoms with Gasteiger partial charge >= 0.3 is 5.97 Å². The molecule has 1 aromatic heterocycles. The number of nitrogens with zero attached hydrogens (tertiary/aromatic N) is 3. The topological polar surface area (TPSA) is 123 Å². The number of aliphatic carboxylic acids is 1. The van der Waals surface area contributed by atoms with E-state index >= 15 is 4.39 Å². The summed E-state index contributed by atoms with van der Waals surface area (Å²) in [4.78, 5) is 38.1. The minimum Gasteiger partial charge on any atom is -0.493 e. The highest BCUT2D eigenvalue weighted by Gasteiger charge is 2.25. The lowest BCUT2D eigenvalue weighted by atomic mass is 10.1. The quantitative estimate of drug-likeness (QED) is 0.163. The molecule has 13 heteroatoms. The van der Waals surface area contributed by atoms with Crippen molar-refractivity contribution in [1.29, 1.82) is 0 Å². The molecule has 1 aliphatic heterocycles. The van der Waals surface area contributed by atoms with E-state index in [9.17, 15) is 14.4 Å². The Kier molecular flexibility index (Phi) is 11.0. The minimum absolute atomic E-state index is 0.0111. The van der Waals surface area contributed by atoms with Crippen molar-refractivity contribution < 1.29 is 33.4 Å². The van der Waals surface area contributed by atoms with Crippen LogP contribution in [0.3, 0.4) is 0 Å². The lowest BCUT2D eigenvalue weighted by Crippen LogP contribution is -2.31. The van der Waals surface area contributed by atoms with Crippen molar-refractivity contribution in [3.8, 4) is 22.6 Å². The van der Waals surface area contributed by atoms with Crippen LogP contribution in [0, 0.1) is 12.7 Å². The Labute approximate surface area is 281 Å². The van der Waals surface area contributed by atoms with Crippen LogP contribution in [0.1, 0.15) is 47.2 Å². The number of anilines is 1. The number of rotatable bonds is 12. The van der Waals surface area contributed by atoms with Crippen molar-refractivity contribution >= 4 is 46.7 Å². The van der Waals surface area contributed by atoms with Gasteiger partial charge in [0.2, 0.25) is 5.91 Å². The van der Waals surface area contributed by atoms with Gasteiger partial charge in [0, 0.05) is 63.6 Å². The van der Waals surface area contributed by atoms with Crippen molar-refractivity contribution in [2.75, 3.05) is 31.2 Å². The summed E-state index contributed by atoms with van der Waals surface area (Å²) in [6.45, 7) is 3.09. The molecule has 10 nitrogen and oxygen atoms in total. The van der Waals surface area contributed by atoms with Gasteiger partial charge < -0.3 is 24.8 Å². The Morgan fingerprint density at radius 1 is 1.11 bits per heavy atom. The zero-order chi connectivity index (χ0) is 33.5. The molecule has 0 fully saturated rings. The first-order chi connectivity index (χ1) is 22.6. The number of aromatic nitrogens is 2. The van der Waals surface area contributed by atoms with Crippen LogP contribution in [0.2, 0.25) is 10.0 Å². The number of halogens is 3. The zero-order valence-corrected chi connectivity index (χ0v) is 27.1. The second-order valence-corrected chi connectivity index (χ2v) is 11.8. The molecule has 2 amide bonds. The number of carbonyl (C=O) groups is 3. The number of carboxylic acids is 1. The van der Waals surface area contributed by atoms with Crippen LogP contribution in [-0.2, 0) is 16.1 Å². The average molecular weight is 684 g/mol. The highest BCUT2D eigenvalue weighted by atomic mass is 35.5. The second-order valence-electron chi connectivity index (χ2n) is 11.0. The maximum Gasteiger partial charge on any atom is 0.305 e. The summed E-state index contributed by atoms with van der Waals surface area (Å²) in [6.07, 6.45) is 4.57. The van der Waals surface area contributed by atoms with Gasteiger partial charge in [0.1, 0.15) is 11.6 Å². The summed E-state index contributed by atoms with van der Waals surface area (Å²) in [6, 6.07) is 13.5. The number of ether oxygens (including phenoxy) is 2. The van der Waals surface area contributed by atoms with Gasteiger partial charge in [-0.2, -0.15) is 5.10 Å². The Morgan fingerprint density at radius 3 is 2.70 bits per heavy atom. The number of para-hydroxylation sites is 1. The zero-order valence-electron chi connectivity index (χ0n) is 25.6. The fraction of sp³-hybridized carbons (Fsp3) is 0.294. The normalized spacial score (nSPS) is 12.6. The number of hydrogen-bond donors (Lipinski definition) is 2. The van der Waals surface area contributed by atoms with Crippen LogP contribution in [-0.4, -0.2) is 59.0 Å². The van der Waals surface area contributed by atoms with Gasteiger partial charge in [-0.25, -0.2) is 4.39 Å². The first-order valence-electron chi connectivity index (χ1n) is 15.1. The van der Waals surface area contributed by atoms with Crippen molar-refractivity contribution in [3.63, 3.8) is 0 Å². The highest BCUT2D eigenvalue weighted by molar-refractivity contribution is 6.32. The van der Waals surface area contributed by atoms with E-state index in [2.05, 4.69) is 10.4 Å². The Hall–Kier alpha value is -4.61. The fourth-order valence-corrected chi connectivity index (χ4v) is 5.63. The SMILES string of the molecule is Cc1c(Cl)cccc1OCCCC(=O)N1CCCOc2c(-c3cnn(Cc4c(F)cc(C(=O)NCCC(=O)O)cc4Cl)c3)cccc21. The summed E-state index contributed by atoms with van der Waals surface area (Å²) in [5, 5.41) is 16.2. The summed E-state index contributed by atoms with van der Waals surface area (Å²) >= 11 is 12.5. The monoisotopic (exact) mass is 682 g/mol. The van der Waals surface area contributed by atoms with Crippen LogP contribution < -0.4 is 19.7 Å². The molecule has 0 saturated carbocycles. The van der Waals surface area contributed by atoms with E-state index < -0.39 is 17.7 Å². The van der Waals surface area contributed by atoms with E-state index in [0.29, 0.717) is 60.4 Å². The average Bonchev–Trinajstić information content (AvgIpc) is 3.39. The predicted octanol–water partition coefficient (Wildman–Crippen LogP) is 6.53. The molecule has 2 N–H and O–H groups in total.